The third-order valence-corrected chi connectivity index (χ3v) is 8.55. The minimum atomic E-state index is -0.453. The van der Waals surface area contributed by atoms with Crippen molar-refractivity contribution in [3.05, 3.63) is 93.7 Å². The van der Waals surface area contributed by atoms with Crippen LogP contribution in [-0.2, 0) is 29.7 Å². The van der Waals surface area contributed by atoms with Crippen LogP contribution < -0.4 is 10.3 Å². The van der Waals surface area contributed by atoms with E-state index in [1.54, 1.807) is 0 Å². The Hall–Kier alpha value is -3.45. The van der Waals surface area contributed by atoms with Gasteiger partial charge in [0.25, 0.3) is 5.91 Å². The molecule has 3 aromatic rings. The van der Waals surface area contributed by atoms with Crippen molar-refractivity contribution in [1.82, 2.24) is 14.5 Å². The van der Waals surface area contributed by atoms with Crippen LogP contribution in [0.15, 0.2) is 65.5 Å². The summed E-state index contributed by atoms with van der Waals surface area (Å²) in [5.41, 5.74) is 2.06. The van der Waals surface area contributed by atoms with Crippen molar-refractivity contribution in [3.8, 4) is 5.75 Å². The Morgan fingerprint density at radius 3 is 2.32 bits per heavy atom. The zero-order chi connectivity index (χ0) is 26.0. The van der Waals surface area contributed by atoms with Crippen LogP contribution in [0, 0.1) is 0 Å². The van der Waals surface area contributed by atoms with Crippen molar-refractivity contribution in [2.45, 2.75) is 69.6 Å². The molecule has 0 bridgehead atoms. The molecule has 6 rings (SSSR count). The van der Waals surface area contributed by atoms with Gasteiger partial charge in [-0.3, -0.25) is 9.59 Å². The second-order valence-corrected chi connectivity index (χ2v) is 10.8. The molecule has 7 heteroatoms. The monoisotopic (exact) mass is 513 g/mol. The maximum Gasteiger partial charge on any atom is 0.316 e. The SMILES string of the molecule is O=C1c2c(OCc3ccccc3)c(=O)nc(CC3(c4ccccc4)CCCC3)n2CCN1C1CCOCC1. The Kier molecular flexibility index (Phi) is 7.02. The van der Waals surface area contributed by atoms with Gasteiger partial charge in [0.15, 0.2) is 5.69 Å². The maximum absolute atomic E-state index is 14.1. The Morgan fingerprint density at radius 1 is 0.921 bits per heavy atom. The number of hydrogen-bond donors (Lipinski definition) is 0. The lowest BCUT2D eigenvalue weighted by molar-refractivity contribution is 0.0233. The number of fused-ring (bicyclic) bond motifs is 1. The Morgan fingerprint density at radius 2 is 1.61 bits per heavy atom. The molecule has 1 saturated carbocycles. The number of rotatable bonds is 7. The average Bonchev–Trinajstić information content (AvgIpc) is 3.44. The van der Waals surface area contributed by atoms with Crippen LogP contribution in [0.1, 0.15) is 66.0 Å². The number of hydrogen-bond acceptors (Lipinski definition) is 5. The van der Waals surface area contributed by atoms with Crippen molar-refractivity contribution >= 4 is 5.91 Å². The molecule has 2 fully saturated rings. The molecule has 7 nitrogen and oxygen atoms in total. The topological polar surface area (TPSA) is 73.7 Å². The van der Waals surface area contributed by atoms with E-state index in [1.165, 1.54) is 5.56 Å². The molecule has 38 heavy (non-hydrogen) atoms. The third kappa shape index (κ3) is 4.75. The predicted octanol–water partition coefficient (Wildman–Crippen LogP) is 4.51. The zero-order valence-corrected chi connectivity index (χ0v) is 21.8. The summed E-state index contributed by atoms with van der Waals surface area (Å²) in [5.74, 6) is 0.634. The summed E-state index contributed by atoms with van der Waals surface area (Å²) >= 11 is 0. The summed E-state index contributed by atoms with van der Waals surface area (Å²) in [6.07, 6.45) is 6.67. The molecule has 0 radical (unpaired) electrons. The average molecular weight is 514 g/mol. The highest BCUT2D eigenvalue weighted by Crippen LogP contribution is 2.43. The Balaban J connectivity index is 1.40. The van der Waals surface area contributed by atoms with E-state index in [2.05, 4.69) is 29.2 Å². The van der Waals surface area contributed by atoms with Gasteiger partial charge in [-0.1, -0.05) is 73.5 Å². The van der Waals surface area contributed by atoms with Crippen LogP contribution in [0.25, 0.3) is 0 Å². The highest BCUT2D eigenvalue weighted by molar-refractivity contribution is 5.96. The van der Waals surface area contributed by atoms with E-state index in [9.17, 15) is 9.59 Å². The first kappa shape index (κ1) is 24.9. The van der Waals surface area contributed by atoms with Crippen LogP contribution in [-0.4, -0.2) is 46.2 Å². The van der Waals surface area contributed by atoms with Crippen molar-refractivity contribution in [2.24, 2.45) is 0 Å². The summed E-state index contributed by atoms with van der Waals surface area (Å²) in [7, 11) is 0. The predicted molar refractivity (Wildman–Crippen MR) is 144 cm³/mol. The second-order valence-electron chi connectivity index (χ2n) is 10.8. The van der Waals surface area contributed by atoms with Gasteiger partial charge in [-0.05, 0) is 36.8 Å². The van der Waals surface area contributed by atoms with E-state index in [-0.39, 0.29) is 29.7 Å². The molecule has 1 amide bonds. The molecular formula is C31H35N3O4. The number of carbonyl (C=O) groups is 1. The van der Waals surface area contributed by atoms with Crippen LogP contribution >= 0.6 is 0 Å². The molecule has 1 aromatic heterocycles. The van der Waals surface area contributed by atoms with E-state index in [1.807, 2.05) is 45.9 Å². The molecule has 2 aromatic carbocycles. The lowest BCUT2D eigenvalue weighted by atomic mass is 9.76. The fraction of sp³-hybridized carbons (Fsp3) is 0.452. The van der Waals surface area contributed by atoms with Crippen molar-refractivity contribution < 1.29 is 14.3 Å². The van der Waals surface area contributed by atoms with Gasteiger partial charge in [0, 0.05) is 44.2 Å². The zero-order valence-electron chi connectivity index (χ0n) is 21.8. The number of benzene rings is 2. The van der Waals surface area contributed by atoms with E-state index in [0.717, 1.165) is 44.1 Å². The molecule has 3 aliphatic rings. The van der Waals surface area contributed by atoms with Crippen LogP contribution in [0.4, 0.5) is 0 Å². The van der Waals surface area contributed by atoms with Gasteiger partial charge < -0.3 is 18.9 Å². The minimum absolute atomic E-state index is 0.0690. The quantitative estimate of drug-likeness (QED) is 0.465. The summed E-state index contributed by atoms with van der Waals surface area (Å²) in [6, 6.07) is 20.4. The van der Waals surface area contributed by atoms with E-state index in [0.29, 0.717) is 44.2 Å². The molecule has 2 aliphatic heterocycles. The fourth-order valence-electron chi connectivity index (χ4n) is 6.53. The largest absolute Gasteiger partial charge is 0.481 e. The van der Waals surface area contributed by atoms with Gasteiger partial charge in [0.05, 0.1) is 0 Å². The van der Waals surface area contributed by atoms with Gasteiger partial charge in [-0.15, -0.1) is 0 Å². The fourth-order valence-corrected chi connectivity index (χ4v) is 6.53. The van der Waals surface area contributed by atoms with Crippen molar-refractivity contribution in [3.63, 3.8) is 0 Å². The van der Waals surface area contributed by atoms with Gasteiger partial charge in [-0.25, -0.2) is 0 Å². The molecule has 0 N–H and O–H groups in total. The molecule has 198 valence electrons. The lowest BCUT2D eigenvalue weighted by Gasteiger charge is -2.39. The molecule has 3 heterocycles. The molecule has 0 unspecified atom stereocenters. The molecular weight excluding hydrogens is 478 g/mol. The van der Waals surface area contributed by atoms with Gasteiger partial charge in [-0.2, -0.15) is 4.98 Å². The highest BCUT2D eigenvalue weighted by atomic mass is 16.5. The number of aromatic nitrogens is 2. The number of nitrogens with zero attached hydrogens (tertiary/aromatic N) is 3. The first-order chi connectivity index (χ1) is 18.6. The summed E-state index contributed by atoms with van der Waals surface area (Å²) in [6.45, 7) is 2.72. The standard InChI is InChI=1S/C31H35N3O4/c35-29-28(38-22-23-9-3-1-4-10-23)27-30(36)33(25-13-19-37-20-14-25)17-18-34(27)26(32-29)21-31(15-7-8-16-31)24-11-5-2-6-12-24/h1-6,9-12,25H,7-8,13-22H2. The number of carbonyl (C=O) groups excluding carboxylic acids is 1. The van der Waals surface area contributed by atoms with Gasteiger partial charge in [0.1, 0.15) is 12.4 Å². The highest BCUT2D eigenvalue weighted by Gasteiger charge is 2.40. The minimum Gasteiger partial charge on any atom is -0.481 e. The Bertz CT molecular complexity index is 1330. The summed E-state index contributed by atoms with van der Waals surface area (Å²) < 4.78 is 13.6. The lowest BCUT2D eigenvalue weighted by Crippen LogP contribution is -2.50. The molecule has 0 atom stereocenters. The summed E-state index contributed by atoms with van der Waals surface area (Å²) in [5, 5.41) is 0. The Labute approximate surface area is 223 Å². The van der Waals surface area contributed by atoms with Gasteiger partial charge >= 0.3 is 5.56 Å². The molecule has 1 saturated heterocycles. The number of amides is 1. The van der Waals surface area contributed by atoms with Crippen molar-refractivity contribution in [1.29, 1.82) is 0 Å². The van der Waals surface area contributed by atoms with Crippen molar-refractivity contribution in [2.75, 3.05) is 19.8 Å². The third-order valence-electron chi connectivity index (χ3n) is 8.55. The molecule has 1 aliphatic carbocycles. The van der Waals surface area contributed by atoms with Crippen LogP contribution in [0.5, 0.6) is 5.75 Å². The summed E-state index contributed by atoms with van der Waals surface area (Å²) in [4.78, 5) is 34.1. The second kappa shape index (κ2) is 10.7. The van der Waals surface area contributed by atoms with Crippen LogP contribution in [0.3, 0.4) is 0 Å². The van der Waals surface area contributed by atoms with E-state index >= 15 is 0 Å². The molecule has 0 spiro atoms. The first-order valence-corrected chi connectivity index (χ1v) is 13.9. The smallest absolute Gasteiger partial charge is 0.316 e. The first-order valence-electron chi connectivity index (χ1n) is 13.9. The van der Waals surface area contributed by atoms with E-state index in [4.69, 9.17) is 9.47 Å². The van der Waals surface area contributed by atoms with E-state index < -0.39 is 5.56 Å². The maximum atomic E-state index is 14.1. The normalized spacial score (nSPS) is 19.4. The van der Waals surface area contributed by atoms with Crippen LogP contribution in [0.2, 0.25) is 0 Å². The number of ether oxygens (including phenoxy) is 2. The van der Waals surface area contributed by atoms with Gasteiger partial charge in [0.2, 0.25) is 5.75 Å².